The van der Waals surface area contributed by atoms with Gasteiger partial charge in [0, 0.05) is 35.2 Å². The molecule has 2 heterocycles. The molecule has 3 aromatic rings. The summed E-state index contributed by atoms with van der Waals surface area (Å²) in [5.41, 5.74) is 5.20. The number of hydrogen-bond acceptors (Lipinski definition) is 3. The average Bonchev–Trinajstić information content (AvgIpc) is 2.71. The van der Waals surface area contributed by atoms with E-state index in [9.17, 15) is 4.79 Å². The van der Waals surface area contributed by atoms with Crippen LogP contribution in [0.1, 0.15) is 42.9 Å². The molecule has 3 nitrogen and oxygen atoms in total. The Morgan fingerprint density at radius 1 is 1.14 bits per heavy atom. The Bertz CT molecular complexity index is 1130. The number of pyridine rings is 1. The van der Waals surface area contributed by atoms with Crippen molar-refractivity contribution in [1.29, 1.82) is 0 Å². The number of para-hydroxylation sites is 1. The van der Waals surface area contributed by atoms with E-state index in [2.05, 4.69) is 56.3 Å². The maximum atomic E-state index is 12.2. The highest BCUT2D eigenvalue weighted by Gasteiger charge is 2.46. The summed E-state index contributed by atoms with van der Waals surface area (Å²) in [5.74, 6) is 0.293. The second-order valence-electron chi connectivity index (χ2n) is 8.70. The van der Waals surface area contributed by atoms with E-state index in [0.29, 0.717) is 18.4 Å². The average molecular weight is 403 g/mol. The summed E-state index contributed by atoms with van der Waals surface area (Å²) in [7, 11) is 1.98. The van der Waals surface area contributed by atoms with E-state index in [1.807, 2.05) is 18.0 Å². The third-order valence-electron chi connectivity index (χ3n) is 6.92. The Morgan fingerprint density at radius 3 is 2.83 bits per heavy atom. The summed E-state index contributed by atoms with van der Waals surface area (Å²) in [6.07, 6.45) is 3.68. The van der Waals surface area contributed by atoms with Crippen molar-refractivity contribution in [1.82, 2.24) is 9.88 Å². The lowest BCUT2D eigenvalue weighted by molar-refractivity contribution is -0.138. The Kier molecular flexibility index (Phi) is 4.43. The molecule has 29 heavy (non-hydrogen) atoms. The van der Waals surface area contributed by atoms with Crippen LogP contribution in [-0.2, 0) is 16.6 Å². The first kappa shape index (κ1) is 18.7. The number of carbonyl (C=O) groups excluding carboxylic acids is 1. The zero-order chi connectivity index (χ0) is 20.2. The third-order valence-corrected chi connectivity index (χ3v) is 8.01. The molecular weight excluding hydrogens is 376 g/mol. The van der Waals surface area contributed by atoms with Gasteiger partial charge in [0.25, 0.3) is 0 Å². The number of hydrogen-bond donors (Lipinski definition) is 0. The Balaban J connectivity index is 1.48. The smallest absolute Gasteiger partial charge is 0.222 e. The van der Waals surface area contributed by atoms with Gasteiger partial charge in [-0.15, -0.1) is 0 Å². The Hall–Kier alpha value is -2.33. The van der Waals surface area contributed by atoms with Crippen molar-refractivity contribution in [3.05, 3.63) is 65.2 Å². The molecule has 2 aromatic carbocycles. The van der Waals surface area contributed by atoms with Crippen LogP contribution in [0.3, 0.4) is 0 Å². The quantitative estimate of drug-likeness (QED) is 0.566. The molecule has 1 aliphatic heterocycles. The van der Waals surface area contributed by atoms with Gasteiger partial charge in [0.05, 0.1) is 5.52 Å². The van der Waals surface area contributed by atoms with Gasteiger partial charge in [0.15, 0.2) is 0 Å². The molecule has 5 rings (SSSR count). The molecule has 1 fully saturated rings. The number of carbonyl (C=O) groups is 1. The van der Waals surface area contributed by atoms with E-state index in [0.717, 1.165) is 29.8 Å². The SMILES string of the molecule is Cc1cc2ccccc2nc1Sc1ccc2c(c1)CC[C@H]1N(C)C(=O)CC[C@]21C. The maximum Gasteiger partial charge on any atom is 0.222 e. The van der Waals surface area contributed by atoms with Crippen LogP contribution in [0.25, 0.3) is 10.9 Å². The second-order valence-corrected chi connectivity index (χ2v) is 9.76. The van der Waals surface area contributed by atoms with E-state index >= 15 is 0 Å². The first-order chi connectivity index (χ1) is 14.0. The molecule has 0 saturated carbocycles. The highest BCUT2D eigenvalue weighted by molar-refractivity contribution is 7.99. The molecule has 0 spiro atoms. The predicted octanol–water partition coefficient (Wildman–Crippen LogP) is 5.52. The number of aryl methyl sites for hydroxylation is 2. The predicted molar refractivity (Wildman–Crippen MR) is 119 cm³/mol. The van der Waals surface area contributed by atoms with Crippen molar-refractivity contribution in [2.45, 2.75) is 60.9 Å². The van der Waals surface area contributed by atoms with Crippen molar-refractivity contribution >= 4 is 28.6 Å². The van der Waals surface area contributed by atoms with Crippen molar-refractivity contribution in [2.24, 2.45) is 0 Å². The van der Waals surface area contributed by atoms with Crippen molar-refractivity contribution in [3.63, 3.8) is 0 Å². The summed E-state index contributed by atoms with van der Waals surface area (Å²) < 4.78 is 0. The highest BCUT2D eigenvalue weighted by atomic mass is 32.2. The molecule has 0 bridgehead atoms. The molecule has 2 atom stereocenters. The fraction of sp³-hybridized carbons (Fsp3) is 0.360. The minimum atomic E-state index is 0.0660. The summed E-state index contributed by atoms with van der Waals surface area (Å²) in [5, 5.41) is 2.27. The monoisotopic (exact) mass is 402 g/mol. The molecule has 1 aromatic heterocycles. The van der Waals surface area contributed by atoms with Gasteiger partial charge in [-0.3, -0.25) is 4.79 Å². The second kappa shape index (κ2) is 6.88. The van der Waals surface area contributed by atoms with Crippen LogP contribution in [0, 0.1) is 6.92 Å². The number of likely N-dealkylation sites (N-methyl/N-ethyl adjacent to an activating group) is 1. The first-order valence-corrected chi connectivity index (χ1v) is 11.2. The minimum Gasteiger partial charge on any atom is -0.342 e. The third kappa shape index (κ3) is 3.05. The van der Waals surface area contributed by atoms with Crippen molar-refractivity contribution in [2.75, 3.05) is 7.05 Å². The zero-order valence-electron chi connectivity index (χ0n) is 17.2. The van der Waals surface area contributed by atoms with Gasteiger partial charge >= 0.3 is 0 Å². The van der Waals surface area contributed by atoms with Crippen LogP contribution in [0.4, 0.5) is 0 Å². The summed E-state index contributed by atoms with van der Waals surface area (Å²) in [6, 6.07) is 17.7. The highest BCUT2D eigenvalue weighted by Crippen LogP contribution is 2.46. The molecule has 0 radical (unpaired) electrons. The number of aromatic nitrogens is 1. The van der Waals surface area contributed by atoms with Gasteiger partial charge in [0.1, 0.15) is 5.03 Å². The van der Waals surface area contributed by atoms with Crippen LogP contribution in [0.2, 0.25) is 0 Å². The Labute approximate surface area is 176 Å². The molecule has 0 N–H and O–H groups in total. The lowest BCUT2D eigenvalue weighted by Gasteiger charge is -2.50. The van der Waals surface area contributed by atoms with Gasteiger partial charge in [0.2, 0.25) is 5.91 Å². The van der Waals surface area contributed by atoms with Crippen LogP contribution in [0.15, 0.2) is 58.5 Å². The minimum absolute atomic E-state index is 0.0660. The topological polar surface area (TPSA) is 33.2 Å². The van der Waals surface area contributed by atoms with Crippen LogP contribution < -0.4 is 0 Å². The molecule has 4 heteroatoms. The number of likely N-dealkylation sites (tertiary alicyclic amines) is 1. The van der Waals surface area contributed by atoms with Gasteiger partial charge in [-0.2, -0.15) is 0 Å². The standard InChI is InChI=1S/C25H26N2OS/c1-16-14-18-6-4-5-7-21(18)26-24(16)29-19-9-10-20-17(15-19)8-11-22-25(20,2)13-12-23(28)27(22)3/h4-7,9-10,14-15,22H,8,11-13H2,1-3H3/t22-,25-/m1/s1. The number of benzene rings is 2. The van der Waals surface area contributed by atoms with E-state index in [1.165, 1.54) is 27.0 Å². The number of fused-ring (bicyclic) bond motifs is 4. The van der Waals surface area contributed by atoms with Gasteiger partial charge < -0.3 is 4.90 Å². The molecular formula is C25H26N2OS. The number of rotatable bonds is 2. The maximum absolute atomic E-state index is 12.2. The lowest BCUT2D eigenvalue weighted by Crippen LogP contribution is -2.56. The van der Waals surface area contributed by atoms with Gasteiger partial charge in [-0.25, -0.2) is 4.98 Å². The fourth-order valence-corrected chi connectivity index (χ4v) is 6.17. The molecule has 148 valence electrons. The van der Waals surface area contributed by atoms with Crippen molar-refractivity contribution in [3.8, 4) is 0 Å². The number of amides is 1. The number of nitrogens with zero attached hydrogens (tertiary/aromatic N) is 2. The Morgan fingerprint density at radius 2 is 1.97 bits per heavy atom. The summed E-state index contributed by atoms with van der Waals surface area (Å²) in [4.78, 5) is 20.3. The summed E-state index contributed by atoms with van der Waals surface area (Å²) in [6.45, 7) is 4.49. The van der Waals surface area contributed by atoms with Gasteiger partial charge in [-0.05, 0) is 67.1 Å². The molecule has 1 saturated heterocycles. The van der Waals surface area contributed by atoms with Gasteiger partial charge in [-0.1, -0.05) is 43.0 Å². The molecule has 1 amide bonds. The van der Waals surface area contributed by atoms with E-state index in [-0.39, 0.29) is 5.41 Å². The van der Waals surface area contributed by atoms with E-state index in [4.69, 9.17) is 4.98 Å². The van der Waals surface area contributed by atoms with E-state index < -0.39 is 0 Å². The van der Waals surface area contributed by atoms with E-state index in [1.54, 1.807) is 11.8 Å². The fourth-order valence-electron chi connectivity index (χ4n) is 5.25. The number of piperidine rings is 1. The van der Waals surface area contributed by atoms with Crippen LogP contribution >= 0.6 is 11.8 Å². The van der Waals surface area contributed by atoms with Crippen molar-refractivity contribution < 1.29 is 4.79 Å². The normalized spacial score (nSPS) is 23.8. The zero-order valence-corrected chi connectivity index (χ0v) is 18.1. The lowest BCUT2D eigenvalue weighted by atomic mass is 9.63. The first-order valence-electron chi connectivity index (χ1n) is 10.4. The molecule has 1 aliphatic carbocycles. The largest absolute Gasteiger partial charge is 0.342 e. The molecule has 0 unspecified atom stereocenters. The van der Waals surface area contributed by atoms with Crippen LogP contribution in [-0.4, -0.2) is 28.9 Å². The molecule has 2 aliphatic rings. The van der Waals surface area contributed by atoms with Crippen LogP contribution in [0.5, 0.6) is 0 Å². The summed E-state index contributed by atoms with van der Waals surface area (Å²) >= 11 is 1.76.